The lowest BCUT2D eigenvalue weighted by molar-refractivity contribution is 0.309. The third-order valence-electron chi connectivity index (χ3n) is 2.01. The molecule has 0 saturated heterocycles. The molecule has 0 radical (unpaired) electrons. The van der Waals surface area contributed by atoms with Gasteiger partial charge in [-0.3, -0.25) is 0 Å². The number of ether oxygens (including phenoxy) is 1. The summed E-state index contributed by atoms with van der Waals surface area (Å²) in [7, 11) is 0. The van der Waals surface area contributed by atoms with Gasteiger partial charge in [0, 0.05) is 16.2 Å². The Balaban J connectivity index is 2.10. The average Bonchev–Trinajstić information content (AvgIpc) is 2.66. The lowest BCUT2D eigenvalue weighted by Crippen LogP contribution is -1.95. The topological polar surface area (TPSA) is 35.2 Å². The molecule has 0 saturated carbocycles. The highest BCUT2D eigenvalue weighted by atomic mass is 79.9. The van der Waals surface area contributed by atoms with Crippen LogP contribution in [0.15, 0.2) is 34.1 Å². The minimum absolute atomic E-state index is 0.488. The zero-order valence-electron chi connectivity index (χ0n) is 8.24. The van der Waals surface area contributed by atoms with Gasteiger partial charge in [-0.2, -0.15) is 0 Å². The molecule has 0 atom stereocenters. The molecule has 0 amide bonds. The molecule has 1 heterocycles. The third kappa shape index (κ3) is 2.70. The molecule has 0 aliphatic rings. The van der Waals surface area contributed by atoms with E-state index in [9.17, 15) is 0 Å². The number of hydrogen-bond donors (Lipinski definition) is 1. The Morgan fingerprint density at radius 2 is 2.19 bits per heavy atom. The molecule has 0 spiro atoms. The highest BCUT2D eigenvalue weighted by molar-refractivity contribution is 9.10. The maximum atomic E-state index is 5.99. The van der Waals surface area contributed by atoms with E-state index < -0.39 is 0 Å². The van der Waals surface area contributed by atoms with Crippen molar-refractivity contribution in [2.45, 2.75) is 6.61 Å². The van der Waals surface area contributed by atoms with Crippen LogP contribution >= 0.6 is 38.9 Å². The van der Waals surface area contributed by atoms with Gasteiger partial charge >= 0.3 is 0 Å². The van der Waals surface area contributed by atoms with E-state index in [1.54, 1.807) is 29.5 Å². The number of halogens is 2. The molecular formula is C11H9BrClNOS. The van der Waals surface area contributed by atoms with Gasteiger partial charge in [-0.25, -0.2) is 0 Å². The fraction of sp³-hybridized carbons (Fsp3) is 0.0909. The average molecular weight is 319 g/mol. The van der Waals surface area contributed by atoms with Crippen molar-refractivity contribution in [3.8, 4) is 5.75 Å². The highest BCUT2D eigenvalue weighted by Gasteiger charge is 2.05. The number of hydrogen-bond acceptors (Lipinski definition) is 3. The molecule has 16 heavy (non-hydrogen) atoms. The molecule has 0 aliphatic carbocycles. The summed E-state index contributed by atoms with van der Waals surface area (Å²) in [5, 5.41) is 2.57. The molecule has 2 aromatic rings. The van der Waals surface area contributed by atoms with Crippen LogP contribution in [0, 0.1) is 0 Å². The lowest BCUT2D eigenvalue weighted by atomic mass is 10.3. The van der Waals surface area contributed by atoms with E-state index in [2.05, 4.69) is 15.9 Å². The van der Waals surface area contributed by atoms with Crippen molar-refractivity contribution in [2.75, 3.05) is 5.73 Å². The predicted molar refractivity (Wildman–Crippen MR) is 72.2 cm³/mol. The van der Waals surface area contributed by atoms with Crippen molar-refractivity contribution >= 4 is 44.6 Å². The van der Waals surface area contributed by atoms with Crippen LogP contribution in [0.2, 0.25) is 5.02 Å². The van der Waals surface area contributed by atoms with Crippen LogP contribution in [0.3, 0.4) is 0 Å². The second-order valence-corrected chi connectivity index (χ2v) is 5.43. The quantitative estimate of drug-likeness (QED) is 0.855. The highest BCUT2D eigenvalue weighted by Crippen LogP contribution is 2.29. The normalized spacial score (nSPS) is 10.4. The summed E-state index contributed by atoms with van der Waals surface area (Å²) < 4.78 is 6.66. The van der Waals surface area contributed by atoms with Crippen molar-refractivity contribution in [2.24, 2.45) is 0 Å². The molecule has 0 aliphatic heterocycles. The Bertz CT molecular complexity index is 500. The van der Waals surface area contributed by atoms with Crippen LogP contribution in [0.25, 0.3) is 0 Å². The molecule has 0 fully saturated rings. The maximum absolute atomic E-state index is 5.99. The van der Waals surface area contributed by atoms with E-state index >= 15 is 0 Å². The van der Waals surface area contributed by atoms with E-state index in [1.807, 2.05) is 11.4 Å². The first-order valence-corrected chi connectivity index (χ1v) is 6.61. The Labute approximate surface area is 111 Å². The number of rotatable bonds is 3. The molecule has 1 aromatic carbocycles. The van der Waals surface area contributed by atoms with Gasteiger partial charge in [-0.15, -0.1) is 11.3 Å². The Kier molecular flexibility index (Phi) is 3.74. The second kappa shape index (κ2) is 5.08. The minimum atomic E-state index is 0.488. The zero-order chi connectivity index (χ0) is 11.5. The molecule has 84 valence electrons. The second-order valence-electron chi connectivity index (χ2n) is 3.17. The Morgan fingerprint density at radius 3 is 2.88 bits per heavy atom. The van der Waals surface area contributed by atoms with Crippen LogP contribution in [0.5, 0.6) is 5.75 Å². The van der Waals surface area contributed by atoms with Gasteiger partial charge in [0.25, 0.3) is 0 Å². The van der Waals surface area contributed by atoms with Crippen LogP contribution in [-0.2, 0) is 6.61 Å². The lowest BCUT2D eigenvalue weighted by Gasteiger charge is -2.07. The summed E-state index contributed by atoms with van der Waals surface area (Å²) in [6.45, 7) is 0.488. The molecule has 2 N–H and O–H groups in total. The molecule has 1 aromatic heterocycles. The van der Waals surface area contributed by atoms with Gasteiger partial charge in [-0.05, 0) is 39.5 Å². The fourth-order valence-electron chi connectivity index (χ4n) is 1.20. The van der Waals surface area contributed by atoms with Crippen LogP contribution in [0.1, 0.15) is 4.88 Å². The van der Waals surface area contributed by atoms with Crippen molar-refractivity contribution in [3.63, 3.8) is 0 Å². The number of nitrogen functional groups attached to an aromatic ring is 1. The summed E-state index contributed by atoms with van der Waals surface area (Å²) in [5.41, 5.74) is 6.30. The SMILES string of the molecule is Nc1ccc(Cl)c(OCc2sccc2Br)c1. The van der Waals surface area contributed by atoms with Crippen molar-refractivity contribution < 1.29 is 4.74 Å². The molecule has 2 nitrogen and oxygen atoms in total. The van der Waals surface area contributed by atoms with Crippen molar-refractivity contribution in [1.82, 2.24) is 0 Å². The largest absolute Gasteiger partial charge is 0.486 e. The van der Waals surface area contributed by atoms with Gasteiger partial charge in [0.05, 0.1) is 9.90 Å². The molecule has 0 unspecified atom stereocenters. The summed E-state index contributed by atoms with van der Waals surface area (Å²) in [6, 6.07) is 7.19. The zero-order valence-corrected chi connectivity index (χ0v) is 11.4. The van der Waals surface area contributed by atoms with Crippen LogP contribution < -0.4 is 10.5 Å². The summed E-state index contributed by atoms with van der Waals surface area (Å²) in [6.07, 6.45) is 0. The van der Waals surface area contributed by atoms with E-state index in [4.69, 9.17) is 22.1 Å². The summed E-state index contributed by atoms with van der Waals surface area (Å²) in [5.74, 6) is 0.613. The van der Waals surface area contributed by atoms with Crippen LogP contribution in [-0.4, -0.2) is 0 Å². The van der Waals surface area contributed by atoms with Crippen LogP contribution in [0.4, 0.5) is 5.69 Å². The number of nitrogens with two attached hydrogens (primary N) is 1. The number of anilines is 1. The first-order chi connectivity index (χ1) is 7.66. The third-order valence-corrected chi connectivity index (χ3v) is 4.22. The molecule has 5 heteroatoms. The standard InChI is InChI=1S/C11H9BrClNOS/c12-8-3-4-16-11(8)6-15-10-5-7(14)1-2-9(10)13/h1-5H,6,14H2. The van der Waals surface area contributed by atoms with Gasteiger partial charge in [0.1, 0.15) is 12.4 Å². The number of benzene rings is 1. The van der Waals surface area contributed by atoms with Gasteiger partial charge in [-0.1, -0.05) is 11.6 Å². The number of thiophene rings is 1. The monoisotopic (exact) mass is 317 g/mol. The first-order valence-electron chi connectivity index (χ1n) is 4.56. The minimum Gasteiger partial charge on any atom is -0.486 e. The Hall–Kier alpha value is -0.710. The summed E-state index contributed by atoms with van der Waals surface area (Å²) >= 11 is 11.1. The van der Waals surface area contributed by atoms with Gasteiger partial charge in [0.15, 0.2) is 0 Å². The van der Waals surface area contributed by atoms with E-state index in [0.717, 1.165) is 9.35 Å². The van der Waals surface area contributed by atoms with E-state index in [0.29, 0.717) is 23.1 Å². The molecular weight excluding hydrogens is 310 g/mol. The maximum Gasteiger partial charge on any atom is 0.140 e. The first kappa shape index (κ1) is 11.8. The Morgan fingerprint density at radius 1 is 1.38 bits per heavy atom. The predicted octanol–water partition coefficient (Wildman–Crippen LogP) is 4.33. The fourth-order valence-corrected chi connectivity index (χ4v) is 2.75. The van der Waals surface area contributed by atoms with E-state index in [-0.39, 0.29) is 0 Å². The molecule has 2 rings (SSSR count). The van der Waals surface area contributed by atoms with Crippen molar-refractivity contribution in [1.29, 1.82) is 0 Å². The van der Waals surface area contributed by atoms with Gasteiger partial charge < -0.3 is 10.5 Å². The smallest absolute Gasteiger partial charge is 0.140 e. The van der Waals surface area contributed by atoms with E-state index in [1.165, 1.54) is 0 Å². The molecule has 0 bridgehead atoms. The van der Waals surface area contributed by atoms with Gasteiger partial charge in [0.2, 0.25) is 0 Å². The van der Waals surface area contributed by atoms with Crippen molar-refractivity contribution in [3.05, 3.63) is 44.0 Å². The summed E-state index contributed by atoms with van der Waals surface area (Å²) in [4.78, 5) is 1.12.